The first-order chi connectivity index (χ1) is 1.00. The predicted molar refractivity (Wildman–Crippen MR) is 7.42 cm³/mol. The van der Waals surface area contributed by atoms with Crippen LogP contribution in [0.15, 0.2) is 0 Å². The minimum atomic E-state index is 0. The third-order valence-electron chi connectivity index (χ3n) is 0. The van der Waals surface area contributed by atoms with Crippen LogP contribution in [0.2, 0.25) is 0 Å². The summed E-state index contributed by atoms with van der Waals surface area (Å²) < 4.78 is 8.19. The fraction of sp³-hybridized carbons (Fsp3) is 1.00. The Morgan fingerprint density at radius 2 is 1.25 bits per heavy atom. The molecule has 0 aliphatic heterocycles. The monoisotopic (exact) mass is 278 g/mol. The molecule has 0 saturated heterocycles. The van der Waals surface area contributed by atoms with Gasteiger partial charge < -0.3 is 0 Å². The van der Waals surface area contributed by atoms with Crippen LogP contribution in [0.25, 0.3) is 0 Å². The molecule has 0 heterocycles. The summed E-state index contributed by atoms with van der Waals surface area (Å²) >= 11 is 1.06. The molecule has 0 atom stereocenters. The molecule has 0 aromatic heterocycles. The molecule has 0 aromatic rings. The smallest absolute Gasteiger partial charge is 0 e. The average molecular weight is 278 g/mol. The molecule has 0 unspecified atom stereocenters. The zero-order valence-corrected chi connectivity index (χ0v) is 4.84. The van der Waals surface area contributed by atoms with Gasteiger partial charge >= 0.3 is 21.0 Å². The average Bonchev–Trinajstić information content (AvgIpc) is 1.00. The molecule has 0 saturated carbocycles. The van der Waals surface area contributed by atoms with Gasteiger partial charge in [-0.1, -0.05) is 7.43 Å². The fourth-order valence-corrected chi connectivity index (χ4v) is 0. The Kier molecular flexibility index (Phi) is 164. The standard InChI is InChI=1S/CH4.O.Pt.V/h1H4;;;. The van der Waals surface area contributed by atoms with Crippen LogP contribution in [0.1, 0.15) is 7.43 Å². The Bertz CT molecular complexity index is 8.00. The molecule has 0 fully saturated rings. The zero-order chi connectivity index (χ0) is 2.00. The SMILES string of the molecule is C.[O]=[V].[Pt]. The van der Waals surface area contributed by atoms with Gasteiger partial charge in [-0.15, -0.1) is 0 Å². The molecule has 0 amide bonds. The Morgan fingerprint density at radius 3 is 1.25 bits per heavy atom. The van der Waals surface area contributed by atoms with E-state index >= 15 is 0 Å². The molecule has 29 valence electrons. The van der Waals surface area contributed by atoms with Crippen LogP contribution in [0.5, 0.6) is 0 Å². The summed E-state index contributed by atoms with van der Waals surface area (Å²) in [6, 6.07) is 0. The van der Waals surface area contributed by atoms with Gasteiger partial charge in [-0.3, -0.25) is 0 Å². The van der Waals surface area contributed by atoms with Crippen LogP contribution in [0.3, 0.4) is 0 Å². The molecule has 0 aliphatic rings. The first-order valence-electron chi connectivity index (χ1n) is 0.183. The van der Waals surface area contributed by atoms with E-state index in [4.69, 9.17) is 3.67 Å². The van der Waals surface area contributed by atoms with Crippen LogP contribution in [0.4, 0.5) is 0 Å². The van der Waals surface area contributed by atoms with Crippen molar-refractivity contribution in [2.45, 2.75) is 7.43 Å². The molecule has 0 aromatic carbocycles. The summed E-state index contributed by atoms with van der Waals surface area (Å²) in [7, 11) is 0. The molecule has 0 spiro atoms. The summed E-state index contributed by atoms with van der Waals surface area (Å²) in [6.45, 7) is 0. The Hall–Kier alpha value is 1.07. The predicted octanol–water partition coefficient (Wildman–Crippen LogP) is 0.512. The third kappa shape index (κ3) is 11.5. The molecule has 3 heteroatoms. The van der Waals surface area contributed by atoms with Gasteiger partial charge in [-0.2, -0.15) is 0 Å². The third-order valence-corrected chi connectivity index (χ3v) is 0. The van der Waals surface area contributed by atoms with E-state index in [9.17, 15) is 0 Å². The molecule has 1 nitrogen and oxygen atoms in total. The summed E-state index contributed by atoms with van der Waals surface area (Å²) in [5.74, 6) is 0. The van der Waals surface area contributed by atoms with Crippen molar-refractivity contribution in [2.24, 2.45) is 0 Å². The van der Waals surface area contributed by atoms with Crippen LogP contribution >= 0.6 is 0 Å². The van der Waals surface area contributed by atoms with Gasteiger partial charge in [0.2, 0.25) is 0 Å². The summed E-state index contributed by atoms with van der Waals surface area (Å²) in [6.07, 6.45) is 0. The van der Waals surface area contributed by atoms with E-state index in [1.165, 1.54) is 0 Å². The van der Waals surface area contributed by atoms with Crippen molar-refractivity contribution in [3.63, 3.8) is 0 Å². The van der Waals surface area contributed by atoms with E-state index in [1.807, 2.05) is 0 Å². The van der Waals surface area contributed by atoms with Gasteiger partial charge in [0.15, 0.2) is 0 Å². The van der Waals surface area contributed by atoms with E-state index in [2.05, 4.69) is 0 Å². The van der Waals surface area contributed by atoms with Crippen molar-refractivity contribution in [1.82, 2.24) is 0 Å². The second-order valence-corrected chi connectivity index (χ2v) is 0. The number of hydrogen-bond acceptors (Lipinski definition) is 1. The molecule has 0 bridgehead atoms. The van der Waals surface area contributed by atoms with E-state index in [0.29, 0.717) is 0 Å². The maximum Gasteiger partial charge on any atom is 0 e. The Labute approximate surface area is 49.6 Å². The van der Waals surface area contributed by atoms with Crippen LogP contribution in [-0.2, 0) is 42.1 Å². The minimum absolute atomic E-state index is 0. The number of hydrogen-bond donors (Lipinski definition) is 0. The second-order valence-electron chi connectivity index (χ2n) is 0. The molecular formula is CH4OPtV. The van der Waals surface area contributed by atoms with E-state index in [0.717, 1.165) is 17.4 Å². The topological polar surface area (TPSA) is 17.1 Å². The van der Waals surface area contributed by atoms with Gasteiger partial charge in [0.1, 0.15) is 0 Å². The van der Waals surface area contributed by atoms with Gasteiger partial charge in [0.05, 0.1) is 0 Å². The normalized spacial score (nSPS) is 0.750. The largest absolute Gasteiger partial charge is 0 e. The summed E-state index contributed by atoms with van der Waals surface area (Å²) in [5, 5.41) is 0. The van der Waals surface area contributed by atoms with Crippen molar-refractivity contribution in [3.8, 4) is 0 Å². The summed E-state index contributed by atoms with van der Waals surface area (Å²) in [4.78, 5) is 0. The first-order valence-corrected chi connectivity index (χ1v) is 0.753. The van der Waals surface area contributed by atoms with Crippen LogP contribution in [-0.4, -0.2) is 0 Å². The van der Waals surface area contributed by atoms with Crippen LogP contribution < -0.4 is 0 Å². The summed E-state index contributed by atoms with van der Waals surface area (Å²) in [5.41, 5.74) is 0. The molecule has 0 radical (unpaired) electrons. The minimum Gasteiger partial charge on any atom is 0 e. The molecule has 0 rings (SSSR count). The Morgan fingerprint density at radius 1 is 1.25 bits per heavy atom. The van der Waals surface area contributed by atoms with Crippen molar-refractivity contribution in [2.75, 3.05) is 0 Å². The van der Waals surface area contributed by atoms with Crippen LogP contribution in [0, 0.1) is 0 Å². The van der Waals surface area contributed by atoms with Gasteiger partial charge in [-0.25, -0.2) is 0 Å². The van der Waals surface area contributed by atoms with Gasteiger partial charge in [0, 0.05) is 21.1 Å². The molecular weight excluding hydrogens is 274 g/mol. The molecule has 4 heavy (non-hydrogen) atoms. The number of rotatable bonds is 0. The Balaban J connectivity index is -0.00000000500. The fourth-order valence-electron chi connectivity index (χ4n) is 0. The van der Waals surface area contributed by atoms with E-state index in [1.54, 1.807) is 0 Å². The second kappa shape index (κ2) is 33.4. The van der Waals surface area contributed by atoms with Gasteiger partial charge in [-0.05, 0) is 0 Å². The first kappa shape index (κ1) is 19.6. The van der Waals surface area contributed by atoms with Crippen molar-refractivity contribution in [1.29, 1.82) is 0 Å². The van der Waals surface area contributed by atoms with E-state index in [-0.39, 0.29) is 28.5 Å². The zero-order valence-electron chi connectivity index (χ0n) is 1.17. The maximum absolute atomic E-state index is 8.19. The van der Waals surface area contributed by atoms with Crippen molar-refractivity contribution in [3.05, 3.63) is 0 Å². The van der Waals surface area contributed by atoms with Crippen molar-refractivity contribution >= 4 is 0 Å². The quantitative estimate of drug-likeness (QED) is 0.631. The maximum atomic E-state index is 8.19. The van der Waals surface area contributed by atoms with E-state index < -0.39 is 0 Å². The van der Waals surface area contributed by atoms with Gasteiger partial charge in [0.25, 0.3) is 0 Å². The molecule has 0 N–H and O–H groups in total. The van der Waals surface area contributed by atoms with Crippen molar-refractivity contribution < 1.29 is 42.1 Å². The molecule has 0 aliphatic carbocycles.